The zero-order valence-electron chi connectivity index (χ0n) is 36.1. The summed E-state index contributed by atoms with van der Waals surface area (Å²) >= 11 is 0. The number of urea groups is 1. The van der Waals surface area contributed by atoms with Crippen LogP contribution in [-0.4, -0.2) is 99.3 Å². The molecule has 1 aliphatic heterocycles. The highest BCUT2D eigenvalue weighted by Gasteiger charge is 2.44. The molecule has 0 aliphatic carbocycles. The number of hydrogen-bond donors (Lipinski definition) is 4. The molecular formula is C47H61N7O6. The molecule has 1 aliphatic rings. The van der Waals surface area contributed by atoms with Gasteiger partial charge in [0.2, 0.25) is 11.8 Å². The summed E-state index contributed by atoms with van der Waals surface area (Å²) in [5, 5.41) is 21.2. The van der Waals surface area contributed by atoms with Crippen molar-refractivity contribution in [3.8, 4) is 11.3 Å². The molecule has 13 nitrogen and oxygen atoms in total. The number of aliphatic hydroxyl groups is 1. The molecule has 5 amide bonds. The maximum atomic E-state index is 14.6. The van der Waals surface area contributed by atoms with Crippen molar-refractivity contribution in [1.82, 2.24) is 35.7 Å². The molecule has 1 fully saturated rings. The van der Waals surface area contributed by atoms with E-state index in [-0.39, 0.29) is 18.4 Å². The number of carbonyl (C=O) groups excluding carboxylic acids is 4. The summed E-state index contributed by atoms with van der Waals surface area (Å²) in [5.41, 5.74) is 4.00. The van der Waals surface area contributed by atoms with Crippen molar-refractivity contribution in [1.29, 1.82) is 0 Å². The first kappa shape index (κ1) is 45.3. The van der Waals surface area contributed by atoms with Gasteiger partial charge in [0.1, 0.15) is 12.1 Å². The van der Waals surface area contributed by atoms with Gasteiger partial charge < -0.3 is 35.6 Å². The largest absolute Gasteiger partial charge is 0.453 e. The number of amides is 5. The number of aliphatic hydroxyl groups excluding tert-OH is 1. The van der Waals surface area contributed by atoms with E-state index in [1.54, 1.807) is 22.2 Å². The predicted octanol–water partition coefficient (Wildman–Crippen LogP) is 6.08. The quantitative estimate of drug-likeness (QED) is 0.106. The highest BCUT2D eigenvalue weighted by atomic mass is 16.5. The molecule has 4 N–H and O–H groups in total. The van der Waals surface area contributed by atoms with Gasteiger partial charge in [-0.05, 0) is 71.9 Å². The number of alkyl carbamates (subject to hydrolysis) is 1. The number of methoxy groups -OCH3 is 1. The summed E-state index contributed by atoms with van der Waals surface area (Å²) in [6, 6.07) is 23.5. The van der Waals surface area contributed by atoms with Crippen LogP contribution in [0, 0.1) is 17.8 Å². The van der Waals surface area contributed by atoms with Crippen molar-refractivity contribution in [3.63, 3.8) is 0 Å². The van der Waals surface area contributed by atoms with E-state index >= 15 is 0 Å². The molecule has 3 heterocycles. The minimum Gasteiger partial charge on any atom is -0.453 e. The first-order chi connectivity index (χ1) is 28.4. The summed E-state index contributed by atoms with van der Waals surface area (Å²) in [6.45, 7) is 14.4. The van der Waals surface area contributed by atoms with E-state index in [4.69, 9.17) is 4.74 Å². The van der Waals surface area contributed by atoms with Gasteiger partial charge in [-0.1, -0.05) is 108 Å². The lowest BCUT2D eigenvalue weighted by Gasteiger charge is -2.38. The molecule has 2 aromatic carbocycles. The predicted molar refractivity (Wildman–Crippen MR) is 232 cm³/mol. The number of aryl methyl sites for hydroxylation is 1. The van der Waals surface area contributed by atoms with Crippen molar-refractivity contribution < 1.29 is 29.0 Å². The van der Waals surface area contributed by atoms with Crippen LogP contribution in [-0.2, 0) is 33.7 Å². The summed E-state index contributed by atoms with van der Waals surface area (Å²) in [4.78, 5) is 67.1. The lowest BCUT2D eigenvalue weighted by atomic mass is 9.84. The molecular weight excluding hydrogens is 759 g/mol. The average molecular weight is 820 g/mol. The first-order valence-corrected chi connectivity index (χ1v) is 20.6. The van der Waals surface area contributed by atoms with Crippen LogP contribution in [0.1, 0.15) is 70.3 Å². The van der Waals surface area contributed by atoms with Crippen LogP contribution in [0.2, 0.25) is 0 Å². The maximum absolute atomic E-state index is 14.6. The van der Waals surface area contributed by atoms with E-state index in [0.717, 1.165) is 33.6 Å². The van der Waals surface area contributed by atoms with Gasteiger partial charge in [0.15, 0.2) is 0 Å². The third kappa shape index (κ3) is 12.4. The number of benzene rings is 2. The Kier molecular flexibility index (Phi) is 15.1. The molecule has 2 aromatic heterocycles. The molecule has 320 valence electrons. The molecule has 5 unspecified atom stereocenters. The molecule has 4 aromatic rings. The van der Waals surface area contributed by atoms with Gasteiger partial charge in [-0.15, -0.1) is 0 Å². The lowest BCUT2D eigenvalue weighted by Crippen LogP contribution is -2.59. The van der Waals surface area contributed by atoms with Crippen molar-refractivity contribution >= 4 is 23.9 Å². The van der Waals surface area contributed by atoms with E-state index in [2.05, 4.69) is 25.9 Å². The summed E-state index contributed by atoms with van der Waals surface area (Å²) < 4.78 is 4.84. The minimum atomic E-state index is -1.14. The molecule has 5 atom stereocenters. The fraction of sp³-hybridized carbons (Fsp3) is 0.447. The second kappa shape index (κ2) is 20.0. The van der Waals surface area contributed by atoms with Crippen molar-refractivity contribution in [3.05, 3.63) is 120 Å². The molecule has 5 rings (SSSR count). The Labute approximate surface area is 354 Å². The van der Waals surface area contributed by atoms with Gasteiger partial charge in [-0.25, -0.2) is 9.59 Å². The Morgan fingerprint density at radius 1 is 0.767 bits per heavy atom. The summed E-state index contributed by atoms with van der Waals surface area (Å²) in [5.74, 6) is -0.819. The molecule has 1 saturated heterocycles. The highest BCUT2D eigenvalue weighted by Crippen LogP contribution is 2.29. The number of nitrogens with zero attached hydrogens (tertiary/aromatic N) is 4. The molecule has 60 heavy (non-hydrogen) atoms. The van der Waals surface area contributed by atoms with E-state index in [9.17, 15) is 24.3 Å². The van der Waals surface area contributed by atoms with Gasteiger partial charge in [-0.3, -0.25) is 19.6 Å². The van der Waals surface area contributed by atoms with E-state index in [1.165, 1.54) is 7.11 Å². The number of hydrogen-bond acceptors (Lipinski definition) is 8. The van der Waals surface area contributed by atoms with Crippen molar-refractivity contribution in [2.75, 3.05) is 20.2 Å². The van der Waals surface area contributed by atoms with Crippen molar-refractivity contribution in [2.24, 2.45) is 10.8 Å². The smallest absolute Gasteiger partial charge is 0.407 e. The molecule has 13 heteroatoms. The van der Waals surface area contributed by atoms with Gasteiger partial charge in [-0.2, -0.15) is 0 Å². The third-order valence-electron chi connectivity index (χ3n) is 10.8. The van der Waals surface area contributed by atoms with Crippen LogP contribution in [0.5, 0.6) is 0 Å². The van der Waals surface area contributed by atoms with Crippen LogP contribution in [0.4, 0.5) is 9.59 Å². The van der Waals surface area contributed by atoms with E-state index in [0.29, 0.717) is 32.5 Å². The number of pyridine rings is 2. The monoisotopic (exact) mass is 819 g/mol. The van der Waals surface area contributed by atoms with Gasteiger partial charge in [0.05, 0.1) is 24.9 Å². The summed E-state index contributed by atoms with van der Waals surface area (Å²) in [6.07, 6.45) is 2.31. The lowest BCUT2D eigenvalue weighted by molar-refractivity contribution is -0.131. The molecule has 0 radical (unpaired) electrons. The van der Waals surface area contributed by atoms with Crippen LogP contribution < -0.4 is 16.0 Å². The second-order valence-electron chi connectivity index (χ2n) is 17.8. The Morgan fingerprint density at radius 2 is 1.43 bits per heavy atom. The highest BCUT2D eigenvalue weighted by molar-refractivity contribution is 5.89. The van der Waals surface area contributed by atoms with Crippen molar-refractivity contribution in [2.45, 2.75) is 105 Å². The maximum Gasteiger partial charge on any atom is 0.407 e. The normalized spacial score (nSPS) is 15.7. The number of ether oxygens (including phenoxy) is 1. The molecule has 0 spiro atoms. The Bertz CT molecular complexity index is 2030. The van der Waals surface area contributed by atoms with Gasteiger partial charge in [0.25, 0.3) is 0 Å². The number of aromatic nitrogens is 2. The SMILES string of the molecule is COC(=O)NC(C(=O)NC(Cc1ccc(-c2ccccn2)cc1)CC(O)C(Cc1ccccc1)NC(=O)C(N1CCN(Cc2ccc(C)nc2)C1=O)C(C)(C)C)C(C)(C)C. The third-order valence-corrected chi connectivity index (χ3v) is 10.8. The zero-order chi connectivity index (χ0) is 43.6. The number of rotatable bonds is 16. The Balaban J connectivity index is 1.41. The van der Waals surface area contributed by atoms with Gasteiger partial charge >= 0.3 is 12.1 Å². The first-order valence-electron chi connectivity index (χ1n) is 20.6. The van der Waals surface area contributed by atoms with E-state index < -0.39 is 53.1 Å². The van der Waals surface area contributed by atoms with E-state index in [1.807, 2.05) is 133 Å². The second-order valence-corrected chi connectivity index (χ2v) is 17.8. The Hall–Kier alpha value is -5.82. The fourth-order valence-corrected chi connectivity index (χ4v) is 7.63. The Morgan fingerprint density at radius 3 is 2.03 bits per heavy atom. The number of carbonyl (C=O) groups is 4. The minimum absolute atomic E-state index is 0.0573. The standard InChI is InChI=1S/C47H61N7O6/c1-31-17-18-34(29-49-31)30-53-24-25-54(45(53)59)41(47(5,6)7)43(57)51-38(27-32-14-10-9-11-15-32)39(55)28-36(50-42(56)40(46(2,3)4)52-44(58)60-8)26-33-19-21-35(22-20-33)37-16-12-13-23-48-37/h9-23,29,36,38-41,55H,24-28,30H2,1-8H3,(H,50,56)(H,51,57)(H,52,58). The zero-order valence-corrected chi connectivity index (χ0v) is 36.1. The summed E-state index contributed by atoms with van der Waals surface area (Å²) in [7, 11) is 1.24. The van der Waals surface area contributed by atoms with Crippen LogP contribution in [0.25, 0.3) is 11.3 Å². The van der Waals surface area contributed by atoms with Gasteiger partial charge in [0, 0.05) is 49.3 Å². The fourth-order valence-electron chi connectivity index (χ4n) is 7.63. The molecule has 0 bridgehead atoms. The average Bonchev–Trinajstić information content (AvgIpc) is 3.55. The topological polar surface area (TPSA) is 166 Å². The van der Waals surface area contributed by atoms with Crippen LogP contribution in [0.15, 0.2) is 97.3 Å². The number of nitrogens with one attached hydrogen (secondary N) is 3. The van der Waals surface area contributed by atoms with Crippen LogP contribution in [0.3, 0.4) is 0 Å². The van der Waals surface area contributed by atoms with Crippen LogP contribution >= 0.6 is 0 Å². The molecule has 0 saturated carbocycles.